The van der Waals surface area contributed by atoms with Crippen LogP contribution in [-0.2, 0) is 4.74 Å². The molecule has 0 aliphatic heterocycles. The number of pyridine rings is 1. The quantitative estimate of drug-likeness (QED) is 0.619. The van der Waals surface area contributed by atoms with E-state index in [1.54, 1.807) is 6.92 Å². The van der Waals surface area contributed by atoms with Crippen LogP contribution in [0, 0.1) is 9.39 Å². The lowest BCUT2D eigenvalue weighted by Crippen LogP contribution is -2.09. The molecule has 5 heteroatoms. The van der Waals surface area contributed by atoms with Crippen molar-refractivity contribution in [2.45, 2.75) is 6.92 Å². The largest absolute Gasteiger partial charge is 0.461 e. The van der Waals surface area contributed by atoms with Crippen LogP contribution in [0.25, 0.3) is 0 Å². The molecule has 0 aromatic carbocycles. The molecule has 70 valence electrons. The highest BCUT2D eigenvalue weighted by Gasteiger charge is 2.12. The second-order valence-corrected chi connectivity index (χ2v) is 3.37. The van der Waals surface area contributed by atoms with E-state index in [4.69, 9.17) is 4.74 Å². The molecule has 0 aliphatic rings. The lowest BCUT2D eigenvalue weighted by Gasteiger charge is -2.02. The Bertz CT molecular complexity index is 330. The number of hydrogen-bond donors (Lipinski definition) is 0. The zero-order valence-electron chi connectivity index (χ0n) is 6.88. The number of carbonyl (C=O) groups is 1. The van der Waals surface area contributed by atoms with Crippen molar-refractivity contribution in [1.82, 2.24) is 4.98 Å². The zero-order valence-corrected chi connectivity index (χ0v) is 9.04. The molecule has 0 fully saturated rings. The van der Waals surface area contributed by atoms with Crippen molar-refractivity contribution in [3.05, 3.63) is 27.3 Å². The van der Waals surface area contributed by atoms with E-state index in [9.17, 15) is 9.18 Å². The Morgan fingerprint density at radius 3 is 3.00 bits per heavy atom. The van der Waals surface area contributed by atoms with Crippen LogP contribution < -0.4 is 0 Å². The Morgan fingerprint density at radius 1 is 1.77 bits per heavy atom. The first-order valence-electron chi connectivity index (χ1n) is 3.63. The summed E-state index contributed by atoms with van der Waals surface area (Å²) in [6.07, 6.45) is 0.994. The molecule has 0 saturated carbocycles. The molecule has 0 radical (unpaired) electrons. The van der Waals surface area contributed by atoms with Gasteiger partial charge in [0.2, 0.25) is 0 Å². The summed E-state index contributed by atoms with van der Waals surface area (Å²) >= 11 is 1.84. The highest BCUT2D eigenvalue weighted by Crippen LogP contribution is 2.11. The summed E-state index contributed by atoms with van der Waals surface area (Å²) in [5.41, 5.74) is 0.156. The number of aromatic nitrogens is 1. The van der Waals surface area contributed by atoms with E-state index in [-0.39, 0.29) is 12.3 Å². The van der Waals surface area contributed by atoms with Gasteiger partial charge in [-0.2, -0.15) is 0 Å². The number of nitrogens with zero attached hydrogens (tertiary/aromatic N) is 1. The van der Waals surface area contributed by atoms with E-state index < -0.39 is 11.8 Å². The van der Waals surface area contributed by atoms with Crippen LogP contribution in [0.3, 0.4) is 0 Å². The summed E-state index contributed by atoms with van der Waals surface area (Å²) in [5.74, 6) is -0.982. The molecular formula is C8H7FINO2. The molecule has 1 aromatic rings. The summed E-state index contributed by atoms with van der Waals surface area (Å²) in [5, 5.41) is 0. The van der Waals surface area contributed by atoms with Crippen LogP contribution >= 0.6 is 22.6 Å². The van der Waals surface area contributed by atoms with E-state index in [2.05, 4.69) is 4.98 Å². The van der Waals surface area contributed by atoms with Crippen LogP contribution in [0.2, 0.25) is 0 Å². The standard InChI is InChI=1S/C8H7FINO2/c1-2-13-8(12)7-6(10)3-5(9)4-11-7/h3-4H,2H2,1H3. The average Bonchev–Trinajstić information content (AvgIpc) is 2.04. The van der Waals surface area contributed by atoms with Crippen molar-refractivity contribution in [2.24, 2.45) is 0 Å². The van der Waals surface area contributed by atoms with Gasteiger partial charge < -0.3 is 4.74 Å². The second kappa shape index (κ2) is 4.50. The topological polar surface area (TPSA) is 39.2 Å². The van der Waals surface area contributed by atoms with Crippen LogP contribution in [0.4, 0.5) is 4.39 Å². The number of hydrogen-bond acceptors (Lipinski definition) is 3. The normalized spacial score (nSPS) is 9.77. The van der Waals surface area contributed by atoms with Crippen molar-refractivity contribution in [1.29, 1.82) is 0 Å². The molecule has 0 saturated heterocycles. The van der Waals surface area contributed by atoms with E-state index in [1.165, 1.54) is 6.07 Å². The smallest absolute Gasteiger partial charge is 0.358 e. The highest BCUT2D eigenvalue weighted by molar-refractivity contribution is 14.1. The van der Waals surface area contributed by atoms with Crippen LogP contribution in [-0.4, -0.2) is 17.6 Å². The molecule has 0 atom stereocenters. The predicted octanol–water partition coefficient (Wildman–Crippen LogP) is 2.00. The summed E-state index contributed by atoms with van der Waals surface area (Å²) < 4.78 is 17.8. The molecule has 0 amide bonds. The van der Waals surface area contributed by atoms with Gasteiger partial charge in [0.15, 0.2) is 5.69 Å². The third-order valence-corrected chi connectivity index (χ3v) is 2.10. The highest BCUT2D eigenvalue weighted by atomic mass is 127. The summed E-state index contributed by atoms with van der Waals surface area (Å²) in [6, 6.07) is 1.24. The maximum absolute atomic E-state index is 12.6. The Hall–Kier alpha value is -0.720. The molecule has 0 aliphatic carbocycles. The number of rotatable bonds is 2. The van der Waals surface area contributed by atoms with Crippen molar-refractivity contribution in [2.75, 3.05) is 6.61 Å². The third-order valence-electron chi connectivity index (χ3n) is 1.28. The Kier molecular flexibility index (Phi) is 3.58. The van der Waals surface area contributed by atoms with Crippen molar-refractivity contribution in [3.8, 4) is 0 Å². The zero-order chi connectivity index (χ0) is 9.84. The molecule has 1 heterocycles. The number of halogens is 2. The fraction of sp³-hybridized carbons (Fsp3) is 0.250. The van der Waals surface area contributed by atoms with E-state index in [0.717, 1.165) is 6.20 Å². The minimum absolute atomic E-state index is 0.156. The maximum Gasteiger partial charge on any atom is 0.358 e. The van der Waals surface area contributed by atoms with Crippen molar-refractivity contribution in [3.63, 3.8) is 0 Å². The molecule has 0 unspecified atom stereocenters. The molecule has 1 rings (SSSR count). The van der Waals surface area contributed by atoms with Gasteiger partial charge in [0.05, 0.1) is 12.8 Å². The number of ether oxygens (including phenoxy) is 1. The summed E-state index contributed by atoms with van der Waals surface area (Å²) in [4.78, 5) is 14.8. The number of esters is 1. The second-order valence-electron chi connectivity index (χ2n) is 2.20. The lowest BCUT2D eigenvalue weighted by atomic mass is 10.3. The summed E-state index contributed by atoms with van der Waals surface area (Å²) in [6.45, 7) is 1.99. The van der Waals surface area contributed by atoms with Crippen molar-refractivity contribution < 1.29 is 13.9 Å². The van der Waals surface area contributed by atoms with Gasteiger partial charge in [-0.3, -0.25) is 0 Å². The Labute approximate surface area is 88.4 Å². The van der Waals surface area contributed by atoms with Gasteiger partial charge >= 0.3 is 5.97 Å². The average molecular weight is 295 g/mol. The van der Waals surface area contributed by atoms with Gasteiger partial charge in [-0.15, -0.1) is 0 Å². The minimum atomic E-state index is -0.521. The Balaban J connectivity index is 2.95. The molecule has 0 N–H and O–H groups in total. The fourth-order valence-electron chi connectivity index (χ4n) is 0.764. The van der Waals surface area contributed by atoms with Gasteiger partial charge in [0.25, 0.3) is 0 Å². The maximum atomic E-state index is 12.6. The molecule has 13 heavy (non-hydrogen) atoms. The van der Waals surface area contributed by atoms with Crippen LogP contribution in [0.5, 0.6) is 0 Å². The number of carbonyl (C=O) groups excluding carboxylic acids is 1. The van der Waals surface area contributed by atoms with Gasteiger partial charge in [-0.25, -0.2) is 14.2 Å². The van der Waals surface area contributed by atoms with Crippen LogP contribution in [0.1, 0.15) is 17.4 Å². The molecular weight excluding hydrogens is 288 g/mol. The van der Waals surface area contributed by atoms with Gasteiger partial charge in [0.1, 0.15) is 5.82 Å². The van der Waals surface area contributed by atoms with Gasteiger partial charge in [-0.05, 0) is 35.6 Å². The van der Waals surface area contributed by atoms with Gasteiger partial charge in [-0.1, -0.05) is 0 Å². The molecule has 3 nitrogen and oxygen atoms in total. The molecule has 0 spiro atoms. The van der Waals surface area contributed by atoms with Crippen molar-refractivity contribution >= 4 is 28.6 Å². The SMILES string of the molecule is CCOC(=O)c1ncc(F)cc1I. The minimum Gasteiger partial charge on any atom is -0.461 e. The van der Waals surface area contributed by atoms with Gasteiger partial charge in [0, 0.05) is 3.57 Å². The summed E-state index contributed by atoms with van der Waals surface area (Å²) in [7, 11) is 0. The molecule has 0 bridgehead atoms. The Morgan fingerprint density at radius 2 is 2.46 bits per heavy atom. The fourth-order valence-corrected chi connectivity index (χ4v) is 1.42. The third kappa shape index (κ3) is 2.61. The first-order valence-corrected chi connectivity index (χ1v) is 4.71. The lowest BCUT2D eigenvalue weighted by molar-refractivity contribution is 0.0518. The van der Waals surface area contributed by atoms with E-state index in [1.807, 2.05) is 22.6 Å². The molecule has 1 aromatic heterocycles. The first-order chi connectivity index (χ1) is 6.15. The monoisotopic (exact) mass is 295 g/mol. The first kappa shape index (κ1) is 10.4. The predicted molar refractivity (Wildman–Crippen MR) is 52.9 cm³/mol. The van der Waals surface area contributed by atoms with E-state index >= 15 is 0 Å². The van der Waals surface area contributed by atoms with Crippen LogP contribution in [0.15, 0.2) is 12.3 Å². The van der Waals surface area contributed by atoms with E-state index in [0.29, 0.717) is 3.57 Å².